The first kappa shape index (κ1) is 16.0. The van der Waals surface area contributed by atoms with Crippen LogP contribution < -0.4 is 5.32 Å². The highest BCUT2D eigenvalue weighted by Gasteiger charge is 2.12. The Bertz CT molecular complexity index is 652. The molecule has 6 nitrogen and oxygen atoms in total. The van der Waals surface area contributed by atoms with Crippen LogP contribution in [-0.4, -0.2) is 30.1 Å². The van der Waals surface area contributed by atoms with Crippen molar-refractivity contribution in [2.45, 2.75) is 13.8 Å². The summed E-state index contributed by atoms with van der Waals surface area (Å²) >= 11 is 1.30. The zero-order valence-electron chi connectivity index (χ0n) is 12.3. The van der Waals surface area contributed by atoms with E-state index < -0.39 is 5.97 Å². The molecule has 0 saturated heterocycles. The first-order valence-electron chi connectivity index (χ1n) is 6.81. The van der Waals surface area contributed by atoms with Gasteiger partial charge in [-0.05, 0) is 38.1 Å². The van der Waals surface area contributed by atoms with Crippen LogP contribution in [0.2, 0.25) is 0 Å². The lowest BCUT2D eigenvalue weighted by atomic mass is 10.2. The van der Waals surface area contributed by atoms with Crippen LogP contribution >= 0.6 is 11.3 Å². The maximum absolute atomic E-state index is 11.5. The molecular weight excluding hydrogens is 304 g/mol. The van der Waals surface area contributed by atoms with Crippen molar-refractivity contribution in [1.29, 1.82) is 0 Å². The van der Waals surface area contributed by atoms with E-state index in [2.05, 4.69) is 10.3 Å². The van der Waals surface area contributed by atoms with Crippen LogP contribution in [0.5, 0.6) is 0 Å². The molecule has 1 N–H and O–H groups in total. The average molecular weight is 320 g/mol. The Morgan fingerprint density at radius 1 is 1.09 bits per heavy atom. The van der Waals surface area contributed by atoms with Crippen molar-refractivity contribution in [3.8, 4) is 0 Å². The monoisotopic (exact) mass is 320 g/mol. The number of rotatable bonds is 6. The molecule has 2 aromatic rings. The molecule has 0 bridgehead atoms. The zero-order chi connectivity index (χ0) is 15.9. The Hall–Kier alpha value is -2.41. The molecule has 0 saturated carbocycles. The standard InChI is InChI=1S/C15H16N2O4S/c1-3-20-13(18)10-5-7-11(8-6-10)16-15-17-12(9-22-15)14(19)21-4-2/h5-9H,3-4H2,1-2H3,(H,16,17). The highest BCUT2D eigenvalue weighted by atomic mass is 32.1. The van der Waals surface area contributed by atoms with Gasteiger partial charge in [0.05, 0.1) is 18.8 Å². The molecule has 1 aromatic heterocycles. The van der Waals surface area contributed by atoms with Gasteiger partial charge in [-0.2, -0.15) is 0 Å². The number of carbonyl (C=O) groups excluding carboxylic acids is 2. The molecule has 116 valence electrons. The molecule has 0 aliphatic rings. The van der Waals surface area contributed by atoms with Gasteiger partial charge in [0.2, 0.25) is 0 Å². The predicted molar refractivity (Wildman–Crippen MR) is 83.8 cm³/mol. The number of hydrogen-bond donors (Lipinski definition) is 1. The van der Waals surface area contributed by atoms with Crippen LogP contribution in [0.3, 0.4) is 0 Å². The van der Waals surface area contributed by atoms with Crippen molar-refractivity contribution in [3.63, 3.8) is 0 Å². The van der Waals surface area contributed by atoms with E-state index in [-0.39, 0.29) is 11.7 Å². The number of ether oxygens (including phenoxy) is 2. The third-order valence-corrected chi connectivity index (χ3v) is 3.39. The topological polar surface area (TPSA) is 77.5 Å². The number of thiazole rings is 1. The fourth-order valence-corrected chi connectivity index (χ4v) is 2.36. The second-order valence-corrected chi connectivity index (χ2v) is 5.04. The summed E-state index contributed by atoms with van der Waals surface area (Å²) in [5.41, 5.74) is 1.52. The fourth-order valence-electron chi connectivity index (χ4n) is 1.66. The van der Waals surface area contributed by atoms with Gasteiger partial charge in [0.15, 0.2) is 10.8 Å². The molecule has 22 heavy (non-hydrogen) atoms. The summed E-state index contributed by atoms with van der Waals surface area (Å²) < 4.78 is 9.80. The average Bonchev–Trinajstić information content (AvgIpc) is 2.97. The van der Waals surface area contributed by atoms with Gasteiger partial charge in [0, 0.05) is 11.1 Å². The normalized spacial score (nSPS) is 10.1. The zero-order valence-corrected chi connectivity index (χ0v) is 13.1. The molecule has 0 aliphatic heterocycles. The number of carbonyl (C=O) groups is 2. The highest BCUT2D eigenvalue weighted by molar-refractivity contribution is 7.14. The van der Waals surface area contributed by atoms with E-state index >= 15 is 0 Å². The largest absolute Gasteiger partial charge is 0.462 e. The minimum atomic E-state index is -0.440. The van der Waals surface area contributed by atoms with Gasteiger partial charge in [-0.3, -0.25) is 0 Å². The molecule has 1 aromatic carbocycles. The van der Waals surface area contributed by atoms with E-state index in [0.29, 0.717) is 23.9 Å². The number of nitrogens with zero attached hydrogens (tertiary/aromatic N) is 1. The molecule has 7 heteroatoms. The van der Waals surface area contributed by atoms with Crippen molar-refractivity contribution in [3.05, 3.63) is 40.9 Å². The summed E-state index contributed by atoms with van der Waals surface area (Å²) in [5.74, 6) is -0.794. The van der Waals surface area contributed by atoms with E-state index in [9.17, 15) is 9.59 Å². The third kappa shape index (κ3) is 4.05. The number of nitrogens with one attached hydrogen (secondary N) is 1. The van der Waals surface area contributed by atoms with Crippen molar-refractivity contribution >= 4 is 34.1 Å². The summed E-state index contributed by atoms with van der Waals surface area (Å²) in [7, 11) is 0. The van der Waals surface area contributed by atoms with Crippen molar-refractivity contribution < 1.29 is 19.1 Å². The van der Waals surface area contributed by atoms with E-state index in [1.54, 1.807) is 43.5 Å². The smallest absolute Gasteiger partial charge is 0.357 e. The van der Waals surface area contributed by atoms with Gasteiger partial charge in [0.1, 0.15) is 0 Å². The molecule has 0 atom stereocenters. The Morgan fingerprint density at radius 2 is 1.73 bits per heavy atom. The third-order valence-electron chi connectivity index (χ3n) is 2.64. The first-order valence-corrected chi connectivity index (χ1v) is 7.68. The Kier molecular flexibility index (Phi) is 5.48. The number of aromatic nitrogens is 1. The van der Waals surface area contributed by atoms with E-state index in [1.807, 2.05) is 0 Å². The van der Waals surface area contributed by atoms with Crippen molar-refractivity contribution in [1.82, 2.24) is 4.98 Å². The predicted octanol–water partition coefficient (Wildman–Crippen LogP) is 3.24. The Balaban J connectivity index is 2.02. The second-order valence-electron chi connectivity index (χ2n) is 4.18. The second kappa shape index (κ2) is 7.56. The lowest BCUT2D eigenvalue weighted by Crippen LogP contribution is -2.05. The van der Waals surface area contributed by atoms with Crippen LogP contribution in [0.25, 0.3) is 0 Å². The van der Waals surface area contributed by atoms with Crippen LogP contribution in [0.4, 0.5) is 10.8 Å². The molecular formula is C15H16N2O4S. The van der Waals surface area contributed by atoms with Gasteiger partial charge in [-0.1, -0.05) is 0 Å². The summed E-state index contributed by atoms with van der Waals surface area (Å²) in [5, 5.41) is 5.28. The van der Waals surface area contributed by atoms with Gasteiger partial charge < -0.3 is 14.8 Å². The van der Waals surface area contributed by atoms with Gasteiger partial charge >= 0.3 is 11.9 Å². The lowest BCUT2D eigenvalue weighted by Gasteiger charge is -2.04. The number of esters is 2. The van der Waals surface area contributed by atoms with Gasteiger partial charge in [-0.25, -0.2) is 14.6 Å². The SMILES string of the molecule is CCOC(=O)c1ccc(Nc2nc(C(=O)OCC)cs2)cc1. The van der Waals surface area contributed by atoms with Gasteiger partial charge in [0.25, 0.3) is 0 Å². The van der Waals surface area contributed by atoms with Crippen molar-refractivity contribution in [2.75, 3.05) is 18.5 Å². The fraction of sp³-hybridized carbons (Fsp3) is 0.267. The highest BCUT2D eigenvalue weighted by Crippen LogP contribution is 2.21. The molecule has 0 aliphatic carbocycles. The number of anilines is 2. The molecule has 0 amide bonds. The van der Waals surface area contributed by atoms with Crippen LogP contribution in [0, 0.1) is 0 Å². The molecule has 0 fully saturated rings. The minimum absolute atomic E-state index is 0.275. The summed E-state index contributed by atoms with van der Waals surface area (Å²) in [6.07, 6.45) is 0. The molecule has 0 radical (unpaired) electrons. The van der Waals surface area contributed by atoms with Crippen LogP contribution in [-0.2, 0) is 9.47 Å². The maximum Gasteiger partial charge on any atom is 0.357 e. The summed E-state index contributed by atoms with van der Waals surface area (Å²) in [6, 6.07) is 6.83. The molecule has 2 rings (SSSR count). The summed E-state index contributed by atoms with van der Waals surface area (Å²) in [6.45, 7) is 4.16. The van der Waals surface area contributed by atoms with E-state index in [4.69, 9.17) is 9.47 Å². The molecule has 0 spiro atoms. The summed E-state index contributed by atoms with van der Waals surface area (Å²) in [4.78, 5) is 27.2. The first-order chi connectivity index (χ1) is 10.6. The Morgan fingerprint density at radius 3 is 2.36 bits per heavy atom. The van der Waals surface area contributed by atoms with Gasteiger partial charge in [-0.15, -0.1) is 11.3 Å². The molecule has 1 heterocycles. The van der Waals surface area contributed by atoms with Crippen molar-refractivity contribution in [2.24, 2.45) is 0 Å². The number of hydrogen-bond acceptors (Lipinski definition) is 7. The van der Waals surface area contributed by atoms with E-state index in [0.717, 1.165) is 5.69 Å². The Labute approximate surface area is 132 Å². The van der Waals surface area contributed by atoms with Crippen LogP contribution in [0.15, 0.2) is 29.6 Å². The quantitative estimate of drug-likeness (QED) is 0.823. The molecule has 0 unspecified atom stereocenters. The van der Waals surface area contributed by atoms with E-state index in [1.165, 1.54) is 11.3 Å². The van der Waals surface area contributed by atoms with Crippen LogP contribution in [0.1, 0.15) is 34.7 Å². The number of benzene rings is 1. The lowest BCUT2D eigenvalue weighted by molar-refractivity contribution is 0.0513. The minimum Gasteiger partial charge on any atom is -0.462 e. The maximum atomic E-state index is 11.5.